The molecule has 0 saturated heterocycles. The molecule has 1 saturated carbocycles. The van der Waals surface area contributed by atoms with Gasteiger partial charge in [0.05, 0.1) is 20.1 Å². The van der Waals surface area contributed by atoms with E-state index in [2.05, 4.69) is 0 Å². The topological polar surface area (TPSA) is 96.0 Å². The Morgan fingerprint density at radius 2 is 1.93 bits per heavy atom. The number of hydrogen-bond donors (Lipinski definition) is 0. The minimum atomic E-state index is -1.15. The first-order valence-electron chi connectivity index (χ1n) is 9.24. The molecule has 0 aromatic rings. The van der Waals surface area contributed by atoms with E-state index in [4.69, 9.17) is 14.2 Å². The summed E-state index contributed by atoms with van der Waals surface area (Å²) in [6.45, 7) is 6.84. The summed E-state index contributed by atoms with van der Waals surface area (Å²) in [7, 11) is 1.28. The first kappa shape index (κ1) is 21.1. The molecule has 0 amide bonds. The molecule has 150 valence electrons. The zero-order valence-electron chi connectivity index (χ0n) is 16.6. The second kappa shape index (κ2) is 7.82. The van der Waals surface area contributed by atoms with Crippen LogP contribution in [0.5, 0.6) is 0 Å². The summed E-state index contributed by atoms with van der Waals surface area (Å²) in [5.74, 6) is -2.59. The molecule has 7 heteroatoms. The monoisotopic (exact) mass is 380 g/mol. The van der Waals surface area contributed by atoms with Crippen LogP contribution in [-0.4, -0.2) is 43.5 Å². The van der Waals surface area contributed by atoms with Crippen molar-refractivity contribution in [2.45, 2.75) is 53.1 Å². The van der Waals surface area contributed by atoms with Gasteiger partial charge in [0.1, 0.15) is 11.5 Å². The summed E-state index contributed by atoms with van der Waals surface area (Å²) >= 11 is 0. The summed E-state index contributed by atoms with van der Waals surface area (Å²) in [5.41, 5.74) is -1.81. The van der Waals surface area contributed by atoms with Crippen molar-refractivity contribution >= 4 is 23.7 Å². The maximum atomic E-state index is 13.0. The third-order valence-corrected chi connectivity index (χ3v) is 6.18. The van der Waals surface area contributed by atoms with E-state index in [0.29, 0.717) is 12.8 Å². The lowest BCUT2D eigenvalue weighted by Crippen LogP contribution is -2.60. The standard InChI is InChI=1S/C20H28O7/c1-6-26-18(24)20(4)15-8-7-14(22)13(11-17(23)25-5)19(15,3)10-9-16(20)27-12(2)21/h7-8,13,15-16H,6,9-11H2,1-5H3/t13-,15+,16-,19+,20+/m0/s1. The van der Waals surface area contributed by atoms with Crippen LogP contribution in [0.1, 0.15) is 47.0 Å². The molecule has 7 nitrogen and oxygen atoms in total. The van der Waals surface area contributed by atoms with Gasteiger partial charge in [0, 0.05) is 18.8 Å². The van der Waals surface area contributed by atoms with Gasteiger partial charge in [-0.2, -0.15) is 0 Å². The van der Waals surface area contributed by atoms with Gasteiger partial charge >= 0.3 is 17.9 Å². The Morgan fingerprint density at radius 1 is 1.26 bits per heavy atom. The number of carbonyl (C=O) groups is 4. The Morgan fingerprint density at radius 3 is 2.48 bits per heavy atom. The van der Waals surface area contributed by atoms with Crippen LogP contribution in [-0.2, 0) is 33.4 Å². The Hall–Kier alpha value is -2.18. The smallest absolute Gasteiger partial charge is 0.316 e. The number of carbonyl (C=O) groups excluding carboxylic acids is 4. The van der Waals surface area contributed by atoms with Crippen LogP contribution in [0.15, 0.2) is 12.2 Å². The molecule has 2 aliphatic rings. The number of ether oxygens (including phenoxy) is 3. The zero-order valence-corrected chi connectivity index (χ0v) is 16.6. The molecule has 0 radical (unpaired) electrons. The van der Waals surface area contributed by atoms with E-state index < -0.39 is 46.7 Å². The van der Waals surface area contributed by atoms with Crippen LogP contribution in [0, 0.1) is 22.7 Å². The summed E-state index contributed by atoms with van der Waals surface area (Å²) < 4.78 is 15.6. The summed E-state index contributed by atoms with van der Waals surface area (Å²) in [6, 6.07) is 0. The van der Waals surface area contributed by atoms with Crippen molar-refractivity contribution in [3.05, 3.63) is 12.2 Å². The fraction of sp³-hybridized carbons (Fsp3) is 0.700. The second-order valence-corrected chi connectivity index (χ2v) is 7.72. The lowest BCUT2D eigenvalue weighted by atomic mass is 9.48. The van der Waals surface area contributed by atoms with Gasteiger partial charge in [-0.25, -0.2) is 0 Å². The van der Waals surface area contributed by atoms with E-state index in [9.17, 15) is 19.2 Å². The quantitative estimate of drug-likeness (QED) is 0.533. The minimum Gasteiger partial charge on any atom is -0.469 e. The van der Waals surface area contributed by atoms with E-state index in [-0.39, 0.29) is 18.8 Å². The highest BCUT2D eigenvalue weighted by Gasteiger charge is 2.63. The van der Waals surface area contributed by atoms with Crippen molar-refractivity contribution in [1.29, 1.82) is 0 Å². The molecular formula is C20H28O7. The maximum absolute atomic E-state index is 13.0. The predicted molar refractivity (Wildman–Crippen MR) is 95.4 cm³/mol. The van der Waals surface area contributed by atoms with Crippen molar-refractivity contribution in [3.63, 3.8) is 0 Å². The van der Waals surface area contributed by atoms with Crippen LogP contribution in [0.2, 0.25) is 0 Å². The predicted octanol–water partition coefficient (Wildman–Crippen LogP) is 2.22. The molecule has 27 heavy (non-hydrogen) atoms. The van der Waals surface area contributed by atoms with Crippen molar-refractivity contribution < 1.29 is 33.4 Å². The summed E-state index contributed by atoms with van der Waals surface area (Å²) in [4.78, 5) is 49.0. The van der Waals surface area contributed by atoms with Crippen molar-refractivity contribution in [3.8, 4) is 0 Å². The molecule has 0 spiro atoms. The average molecular weight is 380 g/mol. The highest BCUT2D eigenvalue weighted by molar-refractivity contribution is 5.96. The highest BCUT2D eigenvalue weighted by atomic mass is 16.6. The largest absolute Gasteiger partial charge is 0.469 e. The van der Waals surface area contributed by atoms with Crippen LogP contribution in [0.3, 0.4) is 0 Å². The molecule has 0 unspecified atom stereocenters. The molecule has 0 aromatic carbocycles. The Labute approximate surface area is 159 Å². The van der Waals surface area contributed by atoms with Crippen LogP contribution in [0.25, 0.3) is 0 Å². The Balaban J connectivity index is 2.52. The molecule has 1 fully saturated rings. The Kier molecular flexibility index (Phi) is 6.12. The number of fused-ring (bicyclic) bond motifs is 1. The number of hydrogen-bond acceptors (Lipinski definition) is 7. The average Bonchev–Trinajstić information content (AvgIpc) is 2.60. The molecule has 0 heterocycles. The normalized spacial score (nSPS) is 35.1. The number of ketones is 1. The van der Waals surface area contributed by atoms with Gasteiger partial charge in [0.2, 0.25) is 0 Å². The van der Waals surface area contributed by atoms with Gasteiger partial charge in [-0.05, 0) is 38.2 Å². The third kappa shape index (κ3) is 3.64. The van der Waals surface area contributed by atoms with Crippen molar-refractivity contribution in [1.82, 2.24) is 0 Å². The summed E-state index contributed by atoms with van der Waals surface area (Å²) in [5, 5.41) is 0. The number of rotatable bonds is 5. The number of esters is 3. The van der Waals surface area contributed by atoms with Crippen molar-refractivity contribution in [2.75, 3.05) is 13.7 Å². The lowest BCUT2D eigenvalue weighted by Gasteiger charge is -2.56. The fourth-order valence-electron chi connectivity index (χ4n) is 4.74. The molecule has 2 rings (SSSR count). The van der Waals surface area contributed by atoms with Crippen LogP contribution in [0.4, 0.5) is 0 Å². The minimum absolute atomic E-state index is 0.0518. The van der Waals surface area contributed by atoms with E-state index in [0.717, 1.165) is 0 Å². The van der Waals surface area contributed by atoms with Crippen LogP contribution < -0.4 is 0 Å². The third-order valence-electron chi connectivity index (χ3n) is 6.18. The van der Waals surface area contributed by atoms with Gasteiger partial charge in [0.15, 0.2) is 5.78 Å². The Bertz CT molecular complexity index is 667. The second-order valence-electron chi connectivity index (χ2n) is 7.72. The van der Waals surface area contributed by atoms with Gasteiger partial charge < -0.3 is 14.2 Å². The van der Waals surface area contributed by atoms with E-state index in [1.165, 1.54) is 20.1 Å². The first-order valence-corrected chi connectivity index (χ1v) is 9.24. The molecule has 0 N–H and O–H groups in total. The highest BCUT2D eigenvalue weighted by Crippen LogP contribution is 2.59. The summed E-state index contributed by atoms with van der Waals surface area (Å²) in [6.07, 6.45) is 3.35. The number of allylic oxidation sites excluding steroid dienone is 2. The SMILES string of the molecule is CCOC(=O)[C@@]1(C)[C@@H](OC(C)=O)CC[C@@]2(C)[C@H]1C=CC(=O)[C@@H]2CC(=O)OC. The van der Waals surface area contributed by atoms with Crippen molar-refractivity contribution in [2.24, 2.45) is 22.7 Å². The molecule has 0 aromatic heterocycles. The molecule has 5 atom stereocenters. The van der Waals surface area contributed by atoms with Gasteiger partial charge in [-0.3, -0.25) is 19.2 Å². The molecular weight excluding hydrogens is 352 g/mol. The van der Waals surface area contributed by atoms with Crippen LogP contribution >= 0.6 is 0 Å². The van der Waals surface area contributed by atoms with Gasteiger partial charge in [-0.1, -0.05) is 13.0 Å². The van der Waals surface area contributed by atoms with E-state index >= 15 is 0 Å². The molecule has 0 aliphatic heterocycles. The molecule has 0 bridgehead atoms. The number of methoxy groups -OCH3 is 1. The lowest BCUT2D eigenvalue weighted by molar-refractivity contribution is -0.193. The van der Waals surface area contributed by atoms with Gasteiger partial charge in [0.25, 0.3) is 0 Å². The van der Waals surface area contributed by atoms with E-state index in [1.807, 2.05) is 6.92 Å². The van der Waals surface area contributed by atoms with Gasteiger partial charge in [-0.15, -0.1) is 0 Å². The molecule has 2 aliphatic carbocycles. The maximum Gasteiger partial charge on any atom is 0.316 e. The zero-order chi connectivity index (χ0) is 20.4. The fourth-order valence-corrected chi connectivity index (χ4v) is 4.74. The van der Waals surface area contributed by atoms with E-state index in [1.54, 1.807) is 19.9 Å². The first-order chi connectivity index (χ1) is 12.6.